The van der Waals surface area contributed by atoms with Gasteiger partial charge < -0.3 is 0 Å². The molecular formula is C14H25N. The van der Waals surface area contributed by atoms with Gasteiger partial charge >= 0.3 is 0 Å². The van der Waals surface area contributed by atoms with Gasteiger partial charge in [0, 0.05) is 5.54 Å². The van der Waals surface area contributed by atoms with E-state index in [1.807, 2.05) is 0 Å². The van der Waals surface area contributed by atoms with Crippen molar-refractivity contribution in [3.8, 4) is 0 Å². The molecule has 86 valence electrons. The molecule has 1 heteroatoms. The molecule has 2 aliphatic heterocycles. The van der Waals surface area contributed by atoms with Crippen LogP contribution in [0, 0.1) is 10.8 Å². The van der Waals surface area contributed by atoms with Crippen molar-refractivity contribution in [1.82, 2.24) is 4.90 Å². The molecule has 0 radical (unpaired) electrons. The molecule has 0 aromatic heterocycles. The van der Waals surface area contributed by atoms with Crippen LogP contribution in [-0.2, 0) is 0 Å². The average molecular weight is 207 g/mol. The van der Waals surface area contributed by atoms with E-state index in [1.165, 1.54) is 51.6 Å². The van der Waals surface area contributed by atoms with Crippen LogP contribution >= 0.6 is 0 Å². The Balaban J connectivity index is 1.92. The molecule has 2 heterocycles. The summed E-state index contributed by atoms with van der Waals surface area (Å²) in [5.74, 6) is 0. The molecule has 1 atom stereocenters. The van der Waals surface area contributed by atoms with Gasteiger partial charge in [-0.15, -0.1) is 0 Å². The maximum atomic E-state index is 2.85. The van der Waals surface area contributed by atoms with Crippen LogP contribution in [0.3, 0.4) is 0 Å². The molecule has 0 aromatic rings. The fourth-order valence-electron chi connectivity index (χ4n) is 4.57. The molecule has 0 N–H and O–H groups in total. The summed E-state index contributed by atoms with van der Waals surface area (Å²) in [4.78, 5) is 2.85. The molecule has 1 saturated carbocycles. The molecule has 15 heavy (non-hydrogen) atoms. The van der Waals surface area contributed by atoms with Crippen LogP contribution in [0.1, 0.15) is 59.3 Å². The SMILES string of the molecule is CC(C)(C)CC12CCCN1CCC21CC1. The fraction of sp³-hybridized carbons (Fsp3) is 1.00. The molecule has 3 fully saturated rings. The van der Waals surface area contributed by atoms with E-state index < -0.39 is 0 Å². The maximum Gasteiger partial charge on any atom is 0.0271 e. The van der Waals surface area contributed by atoms with Crippen molar-refractivity contribution in [3.63, 3.8) is 0 Å². The topological polar surface area (TPSA) is 3.24 Å². The molecule has 0 amide bonds. The Morgan fingerprint density at radius 1 is 1.00 bits per heavy atom. The lowest BCUT2D eigenvalue weighted by Crippen LogP contribution is -2.46. The van der Waals surface area contributed by atoms with E-state index >= 15 is 0 Å². The van der Waals surface area contributed by atoms with E-state index in [0.717, 1.165) is 5.41 Å². The van der Waals surface area contributed by atoms with Crippen molar-refractivity contribution < 1.29 is 0 Å². The highest BCUT2D eigenvalue weighted by Crippen LogP contribution is 2.68. The van der Waals surface area contributed by atoms with Gasteiger partial charge in [0.15, 0.2) is 0 Å². The summed E-state index contributed by atoms with van der Waals surface area (Å²) < 4.78 is 0. The Morgan fingerprint density at radius 3 is 2.33 bits per heavy atom. The summed E-state index contributed by atoms with van der Waals surface area (Å²) in [5.41, 5.74) is 1.91. The number of nitrogens with zero attached hydrogens (tertiary/aromatic N) is 1. The third-order valence-corrected chi connectivity index (χ3v) is 5.15. The minimum atomic E-state index is 0.502. The number of hydrogen-bond donors (Lipinski definition) is 0. The molecule has 3 rings (SSSR count). The van der Waals surface area contributed by atoms with Crippen molar-refractivity contribution in [2.75, 3.05) is 13.1 Å². The lowest BCUT2D eigenvalue weighted by Gasteiger charge is -2.42. The summed E-state index contributed by atoms with van der Waals surface area (Å²) in [6, 6.07) is 0. The first-order valence-electron chi connectivity index (χ1n) is 6.73. The highest BCUT2D eigenvalue weighted by molar-refractivity contribution is 5.20. The Bertz CT molecular complexity index is 272. The molecule has 0 aromatic carbocycles. The molecule has 1 spiro atoms. The highest BCUT2D eigenvalue weighted by atomic mass is 15.3. The van der Waals surface area contributed by atoms with Crippen LogP contribution in [0.5, 0.6) is 0 Å². The summed E-state index contributed by atoms with van der Waals surface area (Å²) in [7, 11) is 0. The Kier molecular flexibility index (Phi) is 1.89. The zero-order valence-electron chi connectivity index (χ0n) is 10.6. The van der Waals surface area contributed by atoms with Crippen molar-refractivity contribution >= 4 is 0 Å². The second-order valence-corrected chi connectivity index (χ2v) is 7.39. The smallest absolute Gasteiger partial charge is 0.0271 e. The Morgan fingerprint density at radius 2 is 1.73 bits per heavy atom. The van der Waals surface area contributed by atoms with Gasteiger partial charge in [0.2, 0.25) is 0 Å². The van der Waals surface area contributed by atoms with E-state index in [2.05, 4.69) is 25.7 Å². The van der Waals surface area contributed by atoms with Crippen LogP contribution in [0.4, 0.5) is 0 Å². The van der Waals surface area contributed by atoms with Gasteiger partial charge in [-0.2, -0.15) is 0 Å². The lowest BCUT2D eigenvalue weighted by atomic mass is 9.70. The molecule has 1 nitrogen and oxygen atoms in total. The van der Waals surface area contributed by atoms with Gasteiger partial charge in [-0.1, -0.05) is 20.8 Å². The van der Waals surface area contributed by atoms with E-state index in [0.29, 0.717) is 11.0 Å². The van der Waals surface area contributed by atoms with Crippen LogP contribution in [0.2, 0.25) is 0 Å². The van der Waals surface area contributed by atoms with Gasteiger partial charge in [-0.05, 0) is 62.4 Å². The summed E-state index contributed by atoms with van der Waals surface area (Å²) in [5, 5.41) is 0. The number of fused-ring (bicyclic) bond motifs is 2. The zero-order valence-corrected chi connectivity index (χ0v) is 10.6. The Labute approximate surface area is 94.2 Å². The van der Waals surface area contributed by atoms with E-state index in [9.17, 15) is 0 Å². The predicted octanol–water partition coefficient (Wildman–Crippen LogP) is 3.44. The van der Waals surface area contributed by atoms with Gasteiger partial charge in [0.25, 0.3) is 0 Å². The van der Waals surface area contributed by atoms with Gasteiger partial charge in [0.05, 0.1) is 0 Å². The van der Waals surface area contributed by atoms with Crippen LogP contribution in [0.25, 0.3) is 0 Å². The Hall–Kier alpha value is -0.0400. The standard InChI is InChI=1S/C14H25N/c1-12(2,3)11-14-5-4-9-15(14)10-8-13(14)6-7-13/h4-11H2,1-3H3. The molecular weight excluding hydrogens is 182 g/mol. The molecule has 1 aliphatic carbocycles. The maximum absolute atomic E-state index is 2.85. The van der Waals surface area contributed by atoms with Crippen molar-refractivity contribution in [1.29, 1.82) is 0 Å². The zero-order chi connectivity index (χ0) is 10.7. The fourth-order valence-corrected chi connectivity index (χ4v) is 4.57. The normalized spacial score (nSPS) is 38.6. The lowest BCUT2D eigenvalue weighted by molar-refractivity contribution is 0.0807. The first-order chi connectivity index (χ1) is 6.98. The second-order valence-electron chi connectivity index (χ2n) is 7.39. The summed E-state index contributed by atoms with van der Waals surface area (Å²) >= 11 is 0. The average Bonchev–Trinajstić information content (AvgIpc) is 2.71. The quantitative estimate of drug-likeness (QED) is 0.636. The first kappa shape index (κ1) is 10.1. The molecule has 0 bridgehead atoms. The molecule has 3 aliphatic rings. The minimum absolute atomic E-state index is 0.502. The molecule has 2 saturated heterocycles. The van der Waals surface area contributed by atoms with E-state index in [1.54, 1.807) is 0 Å². The van der Waals surface area contributed by atoms with Crippen LogP contribution in [-0.4, -0.2) is 23.5 Å². The van der Waals surface area contributed by atoms with Crippen LogP contribution < -0.4 is 0 Å². The highest BCUT2D eigenvalue weighted by Gasteiger charge is 2.66. The second kappa shape index (κ2) is 2.80. The van der Waals surface area contributed by atoms with Gasteiger partial charge in [-0.3, -0.25) is 4.90 Å². The predicted molar refractivity (Wildman–Crippen MR) is 63.9 cm³/mol. The third kappa shape index (κ3) is 1.32. The number of hydrogen-bond acceptors (Lipinski definition) is 1. The largest absolute Gasteiger partial charge is 0.297 e. The van der Waals surface area contributed by atoms with Crippen molar-refractivity contribution in [2.45, 2.75) is 64.8 Å². The number of rotatable bonds is 1. The van der Waals surface area contributed by atoms with Gasteiger partial charge in [0.1, 0.15) is 0 Å². The van der Waals surface area contributed by atoms with E-state index in [-0.39, 0.29) is 0 Å². The monoisotopic (exact) mass is 207 g/mol. The minimum Gasteiger partial charge on any atom is -0.297 e. The summed E-state index contributed by atoms with van der Waals surface area (Å²) in [6.07, 6.45) is 8.93. The summed E-state index contributed by atoms with van der Waals surface area (Å²) in [6.45, 7) is 10.1. The first-order valence-corrected chi connectivity index (χ1v) is 6.73. The van der Waals surface area contributed by atoms with E-state index in [4.69, 9.17) is 0 Å². The third-order valence-electron chi connectivity index (χ3n) is 5.15. The van der Waals surface area contributed by atoms with Crippen molar-refractivity contribution in [3.05, 3.63) is 0 Å². The molecule has 1 unspecified atom stereocenters. The van der Waals surface area contributed by atoms with Crippen LogP contribution in [0.15, 0.2) is 0 Å². The van der Waals surface area contributed by atoms with Crippen molar-refractivity contribution in [2.24, 2.45) is 10.8 Å². The van der Waals surface area contributed by atoms with Gasteiger partial charge in [-0.25, -0.2) is 0 Å².